The van der Waals surface area contributed by atoms with Crippen LogP contribution in [0, 0.1) is 0 Å². The summed E-state index contributed by atoms with van der Waals surface area (Å²) in [5.41, 5.74) is 4.77. The monoisotopic (exact) mass is 351 g/mol. The van der Waals surface area contributed by atoms with Gasteiger partial charge in [-0.15, -0.1) is 0 Å². The van der Waals surface area contributed by atoms with E-state index in [0.717, 1.165) is 19.4 Å². The number of aliphatic carboxylic acids is 3. The highest BCUT2D eigenvalue weighted by Gasteiger charge is 2.27. The summed E-state index contributed by atoms with van der Waals surface area (Å²) in [6, 6.07) is -1.94. The van der Waals surface area contributed by atoms with Crippen LogP contribution in [0.25, 0.3) is 0 Å². The fourth-order valence-corrected chi connectivity index (χ4v) is 1.88. The summed E-state index contributed by atoms with van der Waals surface area (Å²) in [6.07, 6.45) is 1.63. The number of hydrogen-bond acceptors (Lipinski definition) is 8. The fraction of sp³-hybridized carbons (Fsp3) is 0.769. The van der Waals surface area contributed by atoms with E-state index < -0.39 is 42.7 Å². The Bertz CT molecular complexity index is 414. The Morgan fingerprint density at radius 3 is 1.83 bits per heavy atom. The minimum atomic E-state index is -1.18. The van der Waals surface area contributed by atoms with Gasteiger partial charge in [0.15, 0.2) is 0 Å². The van der Waals surface area contributed by atoms with Crippen LogP contribution in [-0.2, 0) is 14.4 Å². The van der Waals surface area contributed by atoms with Crippen LogP contribution in [0.4, 0.5) is 0 Å². The van der Waals surface area contributed by atoms with Crippen LogP contribution >= 0.6 is 0 Å². The van der Waals surface area contributed by atoms with E-state index in [1.54, 1.807) is 0 Å². The first-order chi connectivity index (χ1) is 11.2. The van der Waals surface area contributed by atoms with Gasteiger partial charge in [0, 0.05) is 13.0 Å². The van der Waals surface area contributed by atoms with Crippen LogP contribution < -0.4 is 16.4 Å². The van der Waals surface area contributed by atoms with Crippen LogP contribution in [0.3, 0.4) is 0 Å². The molecule has 140 valence electrons. The largest absolute Gasteiger partial charge is 0.480 e. The van der Waals surface area contributed by atoms with E-state index in [1.165, 1.54) is 0 Å². The second kappa shape index (κ2) is 11.7. The van der Waals surface area contributed by atoms with Gasteiger partial charge in [-0.3, -0.25) is 14.4 Å². The van der Waals surface area contributed by atoms with Gasteiger partial charge in [-0.2, -0.15) is 0 Å². The Labute approximate surface area is 138 Å². The molecule has 0 spiro atoms. The molecule has 0 aromatic heterocycles. The molecule has 0 bridgehead atoms. The summed E-state index contributed by atoms with van der Waals surface area (Å²) >= 11 is 0. The number of nitrogens with one attached hydrogen (secondary N) is 2. The molecule has 9 N–H and O–H groups in total. The molecule has 2 fully saturated rings. The third kappa shape index (κ3) is 9.37. The smallest absolute Gasteiger partial charge is 0.322 e. The van der Waals surface area contributed by atoms with Gasteiger partial charge in [0.2, 0.25) is 0 Å². The zero-order chi connectivity index (χ0) is 18.7. The van der Waals surface area contributed by atoms with Gasteiger partial charge in [-0.1, -0.05) is 0 Å². The lowest BCUT2D eigenvalue weighted by Crippen LogP contribution is -2.33. The van der Waals surface area contributed by atoms with Gasteiger partial charge >= 0.3 is 17.9 Å². The standard InChI is InChI=1S/C5H9NO3.C5H9NO2.C3H7NO3/c7-3-1-4(5(8)9)6-2-3;7-5(8)4-2-1-3-6-4;4-2(1-5)3(6)7/h3-4,6-7H,1-2H2,(H,8,9);4,6H,1-3H2,(H,7,8);2,5H,1,4H2,(H,6,7)/t3-,4+;4-;2-/m100/s1. The molecule has 0 saturated carbocycles. The highest BCUT2D eigenvalue weighted by molar-refractivity contribution is 5.74. The molecule has 0 aromatic carbocycles. The molecule has 2 saturated heterocycles. The summed E-state index contributed by atoms with van der Waals surface area (Å²) in [5.74, 6) is -2.78. The number of aliphatic hydroxyl groups is 2. The molecule has 2 heterocycles. The fourth-order valence-electron chi connectivity index (χ4n) is 1.88. The lowest BCUT2D eigenvalue weighted by atomic mass is 10.2. The third-order valence-corrected chi connectivity index (χ3v) is 3.28. The van der Waals surface area contributed by atoms with Gasteiger partial charge in [-0.05, 0) is 19.4 Å². The first-order valence-corrected chi connectivity index (χ1v) is 7.38. The Kier molecular flexibility index (Phi) is 10.8. The molecule has 0 aliphatic carbocycles. The molecule has 2 rings (SSSR count). The van der Waals surface area contributed by atoms with E-state index >= 15 is 0 Å². The maximum atomic E-state index is 10.2. The molecular formula is C13H25N3O8. The number of rotatable bonds is 4. The van der Waals surface area contributed by atoms with Crippen molar-refractivity contribution in [2.24, 2.45) is 5.73 Å². The molecule has 2 aliphatic rings. The van der Waals surface area contributed by atoms with Crippen LogP contribution in [0.15, 0.2) is 0 Å². The summed E-state index contributed by atoms with van der Waals surface area (Å²) in [5, 5.41) is 46.9. The van der Waals surface area contributed by atoms with E-state index in [1.807, 2.05) is 0 Å². The second-order valence-corrected chi connectivity index (χ2v) is 5.30. The first-order valence-electron chi connectivity index (χ1n) is 7.38. The number of carboxylic acid groups (broad SMARTS) is 3. The maximum Gasteiger partial charge on any atom is 0.322 e. The predicted molar refractivity (Wildman–Crippen MR) is 81.4 cm³/mol. The summed E-state index contributed by atoms with van der Waals surface area (Å²) in [7, 11) is 0. The molecule has 0 unspecified atom stereocenters. The third-order valence-electron chi connectivity index (χ3n) is 3.28. The van der Waals surface area contributed by atoms with Crippen molar-refractivity contribution in [1.82, 2.24) is 10.6 Å². The normalized spacial score (nSPS) is 26.4. The number of β-amino-alcohol motifs (C(OH)–C–C–N with tert-alkyl or cyclic N) is 1. The summed E-state index contributed by atoms with van der Waals surface area (Å²) in [4.78, 5) is 30.0. The van der Waals surface area contributed by atoms with E-state index in [0.29, 0.717) is 13.0 Å². The number of carbonyl (C=O) groups is 3. The van der Waals surface area contributed by atoms with Crippen molar-refractivity contribution in [3.05, 3.63) is 0 Å². The van der Waals surface area contributed by atoms with Gasteiger partial charge in [-0.25, -0.2) is 0 Å². The van der Waals surface area contributed by atoms with Crippen molar-refractivity contribution in [2.45, 2.75) is 43.5 Å². The van der Waals surface area contributed by atoms with Crippen molar-refractivity contribution in [3.8, 4) is 0 Å². The maximum absolute atomic E-state index is 10.2. The van der Waals surface area contributed by atoms with Crippen LogP contribution in [0.2, 0.25) is 0 Å². The molecule has 11 nitrogen and oxygen atoms in total. The molecule has 0 aromatic rings. The molecule has 0 radical (unpaired) electrons. The van der Waals surface area contributed by atoms with Crippen LogP contribution in [0.5, 0.6) is 0 Å². The molecule has 24 heavy (non-hydrogen) atoms. The molecule has 2 aliphatic heterocycles. The lowest BCUT2D eigenvalue weighted by Gasteiger charge is -1.99. The van der Waals surface area contributed by atoms with Gasteiger partial charge in [0.25, 0.3) is 0 Å². The Morgan fingerprint density at radius 2 is 1.67 bits per heavy atom. The topological polar surface area (TPSA) is 202 Å². The predicted octanol–water partition coefficient (Wildman–Crippen LogP) is -2.99. The van der Waals surface area contributed by atoms with Crippen LogP contribution in [-0.4, -0.2) is 87.4 Å². The average molecular weight is 351 g/mol. The Morgan fingerprint density at radius 1 is 1.08 bits per heavy atom. The van der Waals surface area contributed by atoms with Crippen LogP contribution in [0.1, 0.15) is 19.3 Å². The van der Waals surface area contributed by atoms with Crippen molar-refractivity contribution in [2.75, 3.05) is 19.7 Å². The van der Waals surface area contributed by atoms with Gasteiger partial charge < -0.3 is 41.9 Å². The van der Waals surface area contributed by atoms with E-state index in [-0.39, 0.29) is 6.04 Å². The number of carboxylic acids is 3. The van der Waals surface area contributed by atoms with Gasteiger partial charge in [0.05, 0.1) is 12.7 Å². The zero-order valence-electron chi connectivity index (χ0n) is 13.1. The van der Waals surface area contributed by atoms with E-state index in [4.69, 9.17) is 31.3 Å². The van der Waals surface area contributed by atoms with E-state index in [2.05, 4.69) is 10.6 Å². The molecular weight excluding hydrogens is 326 g/mol. The number of aliphatic hydroxyl groups excluding tert-OH is 2. The highest BCUT2D eigenvalue weighted by atomic mass is 16.4. The molecule has 4 atom stereocenters. The van der Waals surface area contributed by atoms with Crippen molar-refractivity contribution >= 4 is 17.9 Å². The van der Waals surface area contributed by atoms with Gasteiger partial charge in [0.1, 0.15) is 18.1 Å². The quantitative estimate of drug-likeness (QED) is 0.256. The summed E-state index contributed by atoms with van der Waals surface area (Å²) < 4.78 is 0. The van der Waals surface area contributed by atoms with E-state index in [9.17, 15) is 14.4 Å². The minimum absolute atomic E-state index is 0.269. The number of hydrogen-bond donors (Lipinski definition) is 8. The Balaban J connectivity index is 0.000000334. The average Bonchev–Trinajstić information content (AvgIpc) is 3.18. The number of nitrogens with two attached hydrogens (primary N) is 1. The molecule has 0 amide bonds. The zero-order valence-corrected chi connectivity index (χ0v) is 13.1. The second-order valence-electron chi connectivity index (χ2n) is 5.30. The SMILES string of the molecule is N[C@@H](CO)C(=O)O.O=C(O)[C@@H]1CCCN1.O=C(O)[C@@H]1C[C@@H](O)CN1. The molecule has 11 heteroatoms. The Hall–Kier alpha value is -1.79. The highest BCUT2D eigenvalue weighted by Crippen LogP contribution is 2.05. The van der Waals surface area contributed by atoms with Crippen molar-refractivity contribution in [1.29, 1.82) is 0 Å². The lowest BCUT2D eigenvalue weighted by molar-refractivity contribution is -0.140. The first kappa shape index (κ1) is 22.2. The van der Waals surface area contributed by atoms with Crippen molar-refractivity contribution < 1.29 is 39.9 Å². The van der Waals surface area contributed by atoms with Crippen molar-refractivity contribution in [3.63, 3.8) is 0 Å². The minimum Gasteiger partial charge on any atom is -0.480 e. The summed E-state index contributed by atoms with van der Waals surface area (Å²) in [6.45, 7) is 0.753.